The molecule has 2 aliphatic rings. The van der Waals surface area contributed by atoms with Gasteiger partial charge in [0.2, 0.25) is 0 Å². The summed E-state index contributed by atoms with van der Waals surface area (Å²) in [7, 11) is 0. The Morgan fingerprint density at radius 1 is 1.23 bits per heavy atom. The summed E-state index contributed by atoms with van der Waals surface area (Å²) in [5, 5.41) is 5.25. The van der Waals surface area contributed by atoms with E-state index < -0.39 is 0 Å². The number of hydrogen-bond acceptors (Lipinski definition) is 4. The van der Waals surface area contributed by atoms with Crippen molar-refractivity contribution in [2.45, 2.75) is 70.6 Å². The largest absolute Gasteiger partial charge is 0.494 e. The van der Waals surface area contributed by atoms with Crippen molar-refractivity contribution in [2.24, 2.45) is 0 Å². The number of fused-ring (bicyclic) bond motifs is 1. The van der Waals surface area contributed by atoms with Crippen LogP contribution in [0.4, 0.5) is 0 Å². The van der Waals surface area contributed by atoms with E-state index in [0.717, 1.165) is 54.1 Å². The number of rotatable bonds is 7. The molecule has 0 amide bonds. The van der Waals surface area contributed by atoms with Crippen LogP contribution in [-0.2, 0) is 11.3 Å². The quantitative estimate of drug-likeness (QED) is 0.628. The first kappa shape index (κ1) is 22.1. The van der Waals surface area contributed by atoms with E-state index in [2.05, 4.69) is 15.2 Å². The van der Waals surface area contributed by atoms with Crippen molar-refractivity contribution in [2.75, 3.05) is 19.8 Å². The molecule has 2 fully saturated rings. The summed E-state index contributed by atoms with van der Waals surface area (Å²) in [6, 6.07) is 8.14. The van der Waals surface area contributed by atoms with E-state index in [-0.39, 0.29) is 11.7 Å². The SMILES string of the molecule is CCOc1ccc2[nH]c(=O)c(CN(C[C@H]3CCCO3)C(=S)NC3CCCCC3)cc2c1. The van der Waals surface area contributed by atoms with Crippen LogP contribution < -0.4 is 15.6 Å². The fourth-order valence-electron chi connectivity index (χ4n) is 4.58. The third-order valence-corrected chi connectivity index (χ3v) is 6.61. The minimum atomic E-state index is -0.0746. The fraction of sp³-hybridized carbons (Fsp3) is 0.583. The maximum atomic E-state index is 12.8. The monoisotopic (exact) mass is 443 g/mol. The molecule has 1 saturated carbocycles. The first-order valence-electron chi connectivity index (χ1n) is 11.6. The number of aromatic nitrogens is 1. The van der Waals surface area contributed by atoms with E-state index in [4.69, 9.17) is 21.7 Å². The highest BCUT2D eigenvalue weighted by Gasteiger charge is 2.24. The average molecular weight is 444 g/mol. The van der Waals surface area contributed by atoms with Crippen molar-refractivity contribution < 1.29 is 9.47 Å². The van der Waals surface area contributed by atoms with Crippen LogP contribution >= 0.6 is 12.2 Å². The van der Waals surface area contributed by atoms with Crippen LogP contribution in [0.25, 0.3) is 10.9 Å². The standard InChI is InChI=1S/C24H33N3O3S/c1-2-29-20-10-11-22-17(14-20)13-18(23(28)26-22)15-27(16-21-9-6-12-30-21)24(31)25-19-7-4-3-5-8-19/h10-11,13-14,19,21H,2-9,12,15-16H2,1H3,(H,25,31)(H,26,28)/t21-/m1/s1. The molecule has 31 heavy (non-hydrogen) atoms. The Labute approximate surface area is 189 Å². The predicted octanol–water partition coefficient (Wildman–Crippen LogP) is 4.12. The van der Waals surface area contributed by atoms with Crippen molar-refractivity contribution in [3.63, 3.8) is 0 Å². The lowest BCUT2D eigenvalue weighted by Crippen LogP contribution is -2.47. The van der Waals surface area contributed by atoms with Crippen molar-refractivity contribution in [1.29, 1.82) is 0 Å². The highest BCUT2D eigenvalue weighted by molar-refractivity contribution is 7.80. The second-order valence-electron chi connectivity index (χ2n) is 8.61. The van der Waals surface area contributed by atoms with Gasteiger partial charge < -0.3 is 24.7 Å². The lowest BCUT2D eigenvalue weighted by molar-refractivity contribution is 0.0894. The molecule has 1 atom stereocenters. The topological polar surface area (TPSA) is 66.6 Å². The number of benzene rings is 1. The van der Waals surface area contributed by atoms with E-state index >= 15 is 0 Å². The van der Waals surface area contributed by atoms with Crippen LogP contribution in [0.1, 0.15) is 57.4 Å². The molecule has 1 aliphatic heterocycles. The Bertz CT molecular complexity index is 949. The second kappa shape index (κ2) is 10.5. The molecular formula is C24H33N3O3S. The van der Waals surface area contributed by atoms with Crippen LogP contribution in [0.3, 0.4) is 0 Å². The van der Waals surface area contributed by atoms with Gasteiger partial charge in [-0.25, -0.2) is 0 Å². The highest BCUT2D eigenvalue weighted by atomic mass is 32.1. The molecule has 2 N–H and O–H groups in total. The molecule has 2 heterocycles. The van der Waals surface area contributed by atoms with Gasteiger partial charge in [-0.05, 0) is 69.1 Å². The van der Waals surface area contributed by atoms with Gasteiger partial charge in [-0.2, -0.15) is 0 Å². The summed E-state index contributed by atoms with van der Waals surface area (Å²) in [4.78, 5) is 17.9. The summed E-state index contributed by atoms with van der Waals surface area (Å²) in [6.07, 6.45) is 8.40. The van der Waals surface area contributed by atoms with Crippen molar-refractivity contribution >= 4 is 28.2 Å². The van der Waals surface area contributed by atoms with Gasteiger partial charge in [-0.1, -0.05) is 19.3 Å². The molecule has 1 aromatic heterocycles. The van der Waals surface area contributed by atoms with E-state index in [9.17, 15) is 4.79 Å². The molecular weight excluding hydrogens is 410 g/mol. The minimum absolute atomic E-state index is 0.0746. The minimum Gasteiger partial charge on any atom is -0.494 e. The smallest absolute Gasteiger partial charge is 0.253 e. The summed E-state index contributed by atoms with van der Waals surface area (Å²) < 4.78 is 11.5. The van der Waals surface area contributed by atoms with Gasteiger partial charge in [-0.15, -0.1) is 0 Å². The van der Waals surface area contributed by atoms with Gasteiger partial charge in [0, 0.05) is 35.7 Å². The molecule has 1 aliphatic carbocycles. The lowest BCUT2D eigenvalue weighted by atomic mass is 9.96. The van der Waals surface area contributed by atoms with Crippen molar-refractivity contribution in [1.82, 2.24) is 15.2 Å². The van der Waals surface area contributed by atoms with Crippen LogP contribution in [0, 0.1) is 0 Å². The van der Waals surface area contributed by atoms with Crippen LogP contribution in [0.15, 0.2) is 29.1 Å². The van der Waals surface area contributed by atoms with Crippen LogP contribution in [-0.4, -0.2) is 46.9 Å². The van der Waals surface area contributed by atoms with E-state index in [0.29, 0.717) is 31.3 Å². The van der Waals surface area contributed by atoms with Gasteiger partial charge in [0.15, 0.2) is 5.11 Å². The third-order valence-electron chi connectivity index (χ3n) is 6.23. The number of nitrogens with zero attached hydrogens (tertiary/aromatic N) is 1. The fourth-order valence-corrected chi connectivity index (χ4v) is 4.88. The van der Waals surface area contributed by atoms with E-state index in [1.165, 1.54) is 19.3 Å². The van der Waals surface area contributed by atoms with Gasteiger partial charge >= 0.3 is 0 Å². The molecule has 0 spiro atoms. The van der Waals surface area contributed by atoms with Crippen molar-refractivity contribution in [3.05, 3.63) is 40.2 Å². The van der Waals surface area contributed by atoms with E-state index in [1.54, 1.807) is 0 Å². The molecule has 0 unspecified atom stereocenters. The van der Waals surface area contributed by atoms with E-state index in [1.807, 2.05) is 31.2 Å². The number of ether oxygens (including phenoxy) is 2. The molecule has 2 aromatic rings. The summed E-state index contributed by atoms with van der Waals surface area (Å²) >= 11 is 5.81. The second-order valence-corrected chi connectivity index (χ2v) is 8.99. The molecule has 6 nitrogen and oxygen atoms in total. The van der Waals surface area contributed by atoms with Crippen LogP contribution in [0.2, 0.25) is 0 Å². The van der Waals surface area contributed by atoms with Gasteiger partial charge in [0.25, 0.3) is 5.56 Å². The molecule has 168 valence electrons. The Hall–Kier alpha value is -2.12. The number of pyridine rings is 1. The number of hydrogen-bond donors (Lipinski definition) is 2. The summed E-state index contributed by atoms with van der Waals surface area (Å²) in [5.74, 6) is 0.804. The maximum Gasteiger partial charge on any atom is 0.253 e. The Morgan fingerprint density at radius 3 is 2.81 bits per heavy atom. The molecule has 0 radical (unpaired) electrons. The zero-order chi connectivity index (χ0) is 21.6. The Balaban J connectivity index is 1.55. The molecule has 1 aromatic carbocycles. The summed E-state index contributed by atoms with van der Waals surface area (Å²) in [5.41, 5.74) is 1.44. The molecule has 4 rings (SSSR count). The lowest BCUT2D eigenvalue weighted by Gasteiger charge is -2.32. The molecule has 1 saturated heterocycles. The van der Waals surface area contributed by atoms with Gasteiger partial charge in [0.1, 0.15) is 5.75 Å². The molecule has 0 bridgehead atoms. The van der Waals surface area contributed by atoms with Crippen molar-refractivity contribution in [3.8, 4) is 5.75 Å². The summed E-state index contributed by atoms with van der Waals surface area (Å²) in [6.45, 7) is 4.54. The number of thiocarbonyl (C=S) groups is 1. The number of H-pyrrole nitrogens is 1. The van der Waals surface area contributed by atoms with Crippen LogP contribution in [0.5, 0.6) is 5.75 Å². The first-order valence-corrected chi connectivity index (χ1v) is 12.0. The highest BCUT2D eigenvalue weighted by Crippen LogP contribution is 2.21. The molecule has 7 heteroatoms. The normalized spacial score (nSPS) is 19.5. The Kier molecular flexibility index (Phi) is 7.45. The van der Waals surface area contributed by atoms with Gasteiger partial charge in [0.05, 0.1) is 19.3 Å². The predicted molar refractivity (Wildman–Crippen MR) is 128 cm³/mol. The van der Waals surface area contributed by atoms with Gasteiger partial charge in [-0.3, -0.25) is 4.79 Å². The Morgan fingerprint density at radius 2 is 2.06 bits per heavy atom. The number of nitrogens with one attached hydrogen (secondary N) is 2. The third kappa shape index (κ3) is 5.77. The number of aromatic amines is 1. The average Bonchev–Trinajstić information content (AvgIpc) is 3.28. The maximum absolute atomic E-state index is 12.8. The first-order chi connectivity index (χ1) is 15.1. The zero-order valence-corrected chi connectivity index (χ0v) is 19.1. The zero-order valence-electron chi connectivity index (χ0n) is 18.3.